The monoisotopic (exact) mass is 384 g/mol. The number of rotatable bonds is 6. The number of likely N-dealkylation sites (tertiary alicyclic amines) is 1. The van der Waals surface area contributed by atoms with Gasteiger partial charge in [0.05, 0.1) is 17.0 Å². The molecule has 1 saturated heterocycles. The van der Waals surface area contributed by atoms with Crippen molar-refractivity contribution in [2.24, 2.45) is 5.92 Å². The third-order valence-electron chi connectivity index (χ3n) is 5.37. The Bertz CT molecular complexity index is 863. The summed E-state index contributed by atoms with van der Waals surface area (Å²) in [5.74, 6) is 0.864. The maximum Gasteiger partial charge on any atom is 0.225 e. The number of carbonyl (C=O) groups excluding carboxylic acids is 2. The van der Waals surface area contributed by atoms with Gasteiger partial charge < -0.3 is 14.8 Å². The number of nitrogens with zero attached hydrogens (tertiary/aromatic N) is 3. The van der Waals surface area contributed by atoms with Crippen molar-refractivity contribution in [1.29, 1.82) is 0 Å². The van der Waals surface area contributed by atoms with Gasteiger partial charge in [0.25, 0.3) is 0 Å². The van der Waals surface area contributed by atoms with Crippen LogP contribution in [0.4, 0.5) is 0 Å². The number of aryl methyl sites for hydroxylation is 1. The van der Waals surface area contributed by atoms with Crippen LogP contribution in [0.2, 0.25) is 0 Å². The van der Waals surface area contributed by atoms with Crippen molar-refractivity contribution >= 4 is 22.8 Å². The number of para-hydroxylation sites is 2. The van der Waals surface area contributed by atoms with E-state index in [1.165, 1.54) is 0 Å². The zero-order chi connectivity index (χ0) is 20.5. The predicted octanol–water partition coefficient (Wildman–Crippen LogP) is 3.31. The van der Waals surface area contributed by atoms with Gasteiger partial charge in [-0.3, -0.25) is 9.59 Å². The topological polar surface area (TPSA) is 67.2 Å². The van der Waals surface area contributed by atoms with Gasteiger partial charge in [-0.25, -0.2) is 4.98 Å². The van der Waals surface area contributed by atoms with Crippen molar-refractivity contribution in [2.45, 2.75) is 65.5 Å². The third-order valence-corrected chi connectivity index (χ3v) is 5.37. The number of aromatic nitrogens is 2. The lowest BCUT2D eigenvalue weighted by Gasteiger charge is -2.31. The molecule has 1 N–H and O–H groups in total. The first-order valence-electron chi connectivity index (χ1n) is 10.2. The minimum Gasteiger partial charge on any atom is -0.356 e. The molecule has 3 rings (SSSR count). The first-order chi connectivity index (χ1) is 13.2. The number of nitrogens with one attached hydrogen (secondary N) is 1. The molecule has 1 aliphatic heterocycles. The minimum atomic E-state index is -0.244. The van der Waals surface area contributed by atoms with Crippen LogP contribution in [0.25, 0.3) is 11.0 Å². The Morgan fingerprint density at radius 1 is 1.29 bits per heavy atom. The number of hydrogen-bond acceptors (Lipinski definition) is 3. The summed E-state index contributed by atoms with van der Waals surface area (Å²) < 4.78 is 2.27. The Morgan fingerprint density at radius 2 is 2.00 bits per heavy atom. The normalized spacial score (nSPS) is 17.7. The molecule has 0 aliphatic carbocycles. The molecule has 0 bridgehead atoms. The van der Waals surface area contributed by atoms with Crippen LogP contribution in [-0.2, 0) is 16.0 Å². The summed E-state index contributed by atoms with van der Waals surface area (Å²) in [4.78, 5) is 31.2. The fourth-order valence-corrected chi connectivity index (χ4v) is 3.98. The van der Waals surface area contributed by atoms with E-state index >= 15 is 0 Å². The highest BCUT2D eigenvalue weighted by Gasteiger charge is 2.39. The number of imidazole rings is 1. The molecule has 0 unspecified atom stereocenters. The van der Waals surface area contributed by atoms with E-state index in [1.54, 1.807) is 0 Å². The van der Waals surface area contributed by atoms with E-state index in [0.29, 0.717) is 25.6 Å². The third kappa shape index (κ3) is 4.21. The highest BCUT2D eigenvalue weighted by Crippen LogP contribution is 2.26. The Morgan fingerprint density at radius 3 is 2.64 bits per heavy atom. The van der Waals surface area contributed by atoms with Gasteiger partial charge in [0.15, 0.2) is 0 Å². The van der Waals surface area contributed by atoms with Crippen molar-refractivity contribution in [3.8, 4) is 0 Å². The first kappa shape index (κ1) is 20.4. The fraction of sp³-hybridized carbons (Fsp3) is 0.591. The Balaban J connectivity index is 1.54. The van der Waals surface area contributed by atoms with Crippen LogP contribution >= 0.6 is 0 Å². The van der Waals surface area contributed by atoms with Crippen molar-refractivity contribution in [2.75, 3.05) is 13.1 Å². The van der Waals surface area contributed by atoms with Crippen LogP contribution in [0.15, 0.2) is 24.3 Å². The van der Waals surface area contributed by atoms with E-state index < -0.39 is 0 Å². The Kier molecular flexibility index (Phi) is 5.77. The van der Waals surface area contributed by atoms with Crippen molar-refractivity contribution in [1.82, 2.24) is 19.8 Å². The zero-order valence-corrected chi connectivity index (χ0v) is 17.7. The molecular formula is C22H32N4O2. The van der Waals surface area contributed by atoms with E-state index in [-0.39, 0.29) is 23.3 Å². The summed E-state index contributed by atoms with van der Waals surface area (Å²) in [5.41, 5.74) is 1.94. The summed E-state index contributed by atoms with van der Waals surface area (Å²) in [5, 5.41) is 3.01. The van der Waals surface area contributed by atoms with Crippen LogP contribution in [0.1, 0.15) is 59.3 Å². The van der Waals surface area contributed by atoms with E-state index in [0.717, 1.165) is 29.7 Å². The van der Waals surface area contributed by atoms with Gasteiger partial charge in [0, 0.05) is 37.5 Å². The summed E-state index contributed by atoms with van der Waals surface area (Å²) in [6.07, 6.45) is 1.95. The van der Waals surface area contributed by atoms with Gasteiger partial charge in [-0.2, -0.15) is 0 Å². The molecule has 1 aromatic carbocycles. The predicted molar refractivity (Wildman–Crippen MR) is 111 cm³/mol. The number of carbonyl (C=O) groups is 2. The molecular weight excluding hydrogens is 352 g/mol. The quantitative estimate of drug-likeness (QED) is 0.777. The molecule has 1 aliphatic rings. The summed E-state index contributed by atoms with van der Waals surface area (Å²) in [6.45, 7) is 11.5. The number of amides is 2. The highest BCUT2D eigenvalue weighted by molar-refractivity contribution is 5.89. The number of fused-ring (bicyclic) bond motifs is 1. The van der Waals surface area contributed by atoms with Crippen LogP contribution in [0.3, 0.4) is 0 Å². The smallest absolute Gasteiger partial charge is 0.225 e. The second-order valence-corrected chi connectivity index (χ2v) is 8.95. The second kappa shape index (κ2) is 7.94. The lowest BCUT2D eigenvalue weighted by atomic mass is 10.1. The number of benzene rings is 1. The van der Waals surface area contributed by atoms with Crippen molar-refractivity contribution < 1.29 is 9.59 Å². The highest BCUT2D eigenvalue weighted by atomic mass is 16.2. The van der Waals surface area contributed by atoms with Crippen LogP contribution in [-0.4, -0.2) is 44.9 Å². The SMILES string of the molecule is CC(C)n1c(CCCNC(=O)[C@H]2CC(=O)N(C(C)(C)C)C2)nc2ccccc21. The molecule has 28 heavy (non-hydrogen) atoms. The molecule has 2 aromatic rings. The van der Waals surface area contributed by atoms with Crippen LogP contribution in [0, 0.1) is 5.92 Å². The lowest BCUT2D eigenvalue weighted by molar-refractivity contribution is -0.132. The van der Waals surface area contributed by atoms with E-state index in [1.807, 2.05) is 43.9 Å². The van der Waals surface area contributed by atoms with E-state index in [9.17, 15) is 9.59 Å². The van der Waals surface area contributed by atoms with Crippen molar-refractivity contribution in [3.63, 3.8) is 0 Å². The standard InChI is InChI=1S/C22H32N4O2/c1-15(2)26-18-10-7-6-9-17(18)24-19(26)11-8-12-23-21(28)16-13-20(27)25(14-16)22(3,4)5/h6-7,9-10,15-16H,8,11-14H2,1-5H3,(H,23,28)/t16-/m0/s1. The zero-order valence-electron chi connectivity index (χ0n) is 17.7. The van der Waals surface area contributed by atoms with Gasteiger partial charge in [-0.05, 0) is 53.2 Å². The maximum atomic E-state index is 12.5. The summed E-state index contributed by atoms with van der Waals surface area (Å²) >= 11 is 0. The Labute approximate surface area is 167 Å². The molecule has 152 valence electrons. The first-order valence-corrected chi connectivity index (χ1v) is 10.2. The van der Waals surface area contributed by atoms with Gasteiger partial charge in [0.1, 0.15) is 5.82 Å². The average molecular weight is 385 g/mol. The fourth-order valence-electron chi connectivity index (χ4n) is 3.98. The van der Waals surface area contributed by atoms with E-state index in [2.05, 4.69) is 29.8 Å². The molecule has 0 radical (unpaired) electrons. The van der Waals surface area contributed by atoms with Gasteiger partial charge >= 0.3 is 0 Å². The Hall–Kier alpha value is -2.37. The second-order valence-electron chi connectivity index (χ2n) is 8.95. The molecule has 0 spiro atoms. The molecule has 1 atom stereocenters. The van der Waals surface area contributed by atoms with Gasteiger partial charge in [-0.15, -0.1) is 0 Å². The van der Waals surface area contributed by atoms with Crippen molar-refractivity contribution in [3.05, 3.63) is 30.1 Å². The molecule has 6 nitrogen and oxygen atoms in total. The summed E-state index contributed by atoms with van der Waals surface area (Å²) in [6, 6.07) is 8.53. The van der Waals surface area contributed by atoms with Gasteiger partial charge in [-0.1, -0.05) is 12.1 Å². The van der Waals surface area contributed by atoms with E-state index in [4.69, 9.17) is 4.98 Å². The molecule has 2 heterocycles. The number of hydrogen-bond donors (Lipinski definition) is 1. The van der Waals surface area contributed by atoms with Crippen LogP contribution in [0.5, 0.6) is 0 Å². The molecule has 1 aromatic heterocycles. The molecule has 1 fully saturated rings. The maximum absolute atomic E-state index is 12.5. The molecule has 0 saturated carbocycles. The lowest BCUT2D eigenvalue weighted by Crippen LogP contribution is -2.43. The summed E-state index contributed by atoms with van der Waals surface area (Å²) in [7, 11) is 0. The average Bonchev–Trinajstić information content (AvgIpc) is 3.18. The minimum absolute atomic E-state index is 0.0162. The largest absolute Gasteiger partial charge is 0.356 e. The van der Waals surface area contributed by atoms with Crippen LogP contribution < -0.4 is 5.32 Å². The molecule has 2 amide bonds. The van der Waals surface area contributed by atoms with Gasteiger partial charge in [0.2, 0.25) is 11.8 Å². The molecule has 6 heteroatoms.